The van der Waals surface area contributed by atoms with E-state index < -0.39 is 17.8 Å². The average Bonchev–Trinajstić information content (AvgIpc) is 3.24. The molecule has 3 heterocycles. The first-order valence-electron chi connectivity index (χ1n) is 9.27. The summed E-state index contributed by atoms with van der Waals surface area (Å²) in [6.07, 6.45) is -4.50. The summed E-state index contributed by atoms with van der Waals surface area (Å²) in [4.78, 5) is 18.1. The van der Waals surface area contributed by atoms with Crippen molar-refractivity contribution in [2.24, 2.45) is 0 Å². The molecule has 0 radical (unpaired) electrons. The van der Waals surface area contributed by atoms with Gasteiger partial charge in [0.05, 0.1) is 30.4 Å². The fourth-order valence-electron chi connectivity index (χ4n) is 3.66. The van der Waals surface area contributed by atoms with Crippen molar-refractivity contribution in [1.82, 2.24) is 24.5 Å². The predicted molar refractivity (Wildman–Crippen MR) is 103 cm³/mol. The van der Waals surface area contributed by atoms with E-state index in [-0.39, 0.29) is 11.6 Å². The standard InChI is InChI=1S/C19H20F3N7O/c1-9(12-4-13(19(20,21)22)6-14(23)5-12)24-17-15-7-28(11(3)30)8-16(15)29-10(2)26-27-18(29)25-17/h4-6,9H,7-8,23H2,1-3H3,(H,24,25,27)/t9-/m1/s1. The Morgan fingerprint density at radius 2 is 1.97 bits per heavy atom. The van der Waals surface area contributed by atoms with Gasteiger partial charge in [0.2, 0.25) is 5.91 Å². The number of aromatic nitrogens is 4. The number of aryl methyl sites for hydroxylation is 1. The Labute approximate surface area is 169 Å². The van der Waals surface area contributed by atoms with Crippen LogP contribution in [0.3, 0.4) is 0 Å². The number of carbonyl (C=O) groups excluding carboxylic acids is 1. The number of alkyl halides is 3. The van der Waals surface area contributed by atoms with E-state index in [0.29, 0.717) is 36.1 Å². The molecule has 2 aromatic heterocycles. The van der Waals surface area contributed by atoms with Crippen LogP contribution in [0, 0.1) is 6.92 Å². The molecule has 8 nitrogen and oxygen atoms in total. The van der Waals surface area contributed by atoms with Crippen LogP contribution < -0.4 is 11.1 Å². The van der Waals surface area contributed by atoms with Crippen LogP contribution in [-0.2, 0) is 24.1 Å². The van der Waals surface area contributed by atoms with Gasteiger partial charge in [-0.25, -0.2) is 0 Å². The third-order valence-corrected chi connectivity index (χ3v) is 5.22. The van der Waals surface area contributed by atoms with Crippen molar-refractivity contribution in [3.63, 3.8) is 0 Å². The molecule has 1 aliphatic rings. The zero-order valence-corrected chi connectivity index (χ0v) is 16.6. The minimum Gasteiger partial charge on any atom is -0.399 e. The predicted octanol–water partition coefficient (Wildman–Crippen LogP) is 3.07. The Kier molecular flexibility index (Phi) is 4.55. The topological polar surface area (TPSA) is 101 Å². The second-order valence-corrected chi connectivity index (χ2v) is 7.40. The number of rotatable bonds is 3. The Bertz CT molecular complexity index is 1160. The van der Waals surface area contributed by atoms with Gasteiger partial charge in [-0.1, -0.05) is 0 Å². The summed E-state index contributed by atoms with van der Waals surface area (Å²) in [7, 11) is 0. The Morgan fingerprint density at radius 1 is 1.23 bits per heavy atom. The van der Waals surface area contributed by atoms with E-state index >= 15 is 0 Å². The van der Waals surface area contributed by atoms with E-state index in [2.05, 4.69) is 20.5 Å². The number of nitrogen functional groups attached to an aromatic ring is 1. The first-order valence-corrected chi connectivity index (χ1v) is 9.27. The molecular weight excluding hydrogens is 399 g/mol. The molecule has 0 fully saturated rings. The maximum absolute atomic E-state index is 13.2. The lowest BCUT2D eigenvalue weighted by atomic mass is 10.0. The van der Waals surface area contributed by atoms with Gasteiger partial charge in [0.25, 0.3) is 5.78 Å². The van der Waals surface area contributed by atoms with Crippen molar-refractivity contribution >= 4 is 23.2 Å². The van der Waals surface area contributed by atoms with Gasteiger partial charge in [-0.05, 0) is 37.6 Å². The van der Waals surface area contributed by atoms with E-state index in [1.54, 1.807) is 23.1 Å². The van der Waals surface area contributed by atoms with Gasteiger partial charge in [-0.2, -0.15) is 18.2 Å². The largest absolute Gasteiger partial charge is 0.416 e. The van der Waals surface area contributed by atoms with Crippen LogP contribution in [0.4, 0.5) is 24.7 Å². The highest BCUT2D eigenvalue weighted by Gasteiger charge is 2.32. The number of anilines is 2. The number of fused-ring (bicyclic) bond motifs is 3. The maximum Gasteiger partial charge on any atom is 0.416 e. The highest BCUT2D eigenvalue weighted by molar-refractivity contribution is 5.75. The lowest BCUT2D eigenvalue weighted by molar-refractivity contribution is -0.137. The third-order valence-electron chi connectivity index (χ3n) is 5.22. The second kappa shape index (κ2) is 6.85. The molecule has 0 saturated heterocycles. The normalized spacial score (nSPS) is 14.8. The van der Waals surface area contributed by atoms with Crippen molar-refractivity contribution < 1.29 is 18.0 Å². The number of nitrogens with zero attached hydrogens (tertiary/aromatic N) is 5. The van der Waals surface area contributed by atoms with E-state index in [1.807, 2.05) is 0 Å². The summed E-state index contributed by atoms with van der Waals surface area (Å²) >= 11 is 0. The average molecular weight is 419 g/mol. The van der Waals surface area contributed by atoms with Crippen LogP contribution in [0.1, 0.15) is 48.1 Å². The van der Waals surface area contributed by atoms with Gasteiger partial charge in [0.1, 0.15) is 11.6 Å². The van der Waals surface area contributed by atoms with Crippen LogP contribution >= 0.6 is 0 Å². The molecule has 1 aromatic carbocycles. The summed E-state index contributed by atoms with van der Waals surface area (Å²) in [5, 5.41) is 11.3. The summed E-state index contributed by atoms with van der Waals surface area (Å²) < 4.78 is 41.3. The van der Waals surface area contributed by atoms with Crippen LogP contribution in [0.15, 0.2) is 18.2 Å². The molecule has 0 bridgehead atoms. The minimum absolute atomic E-state index is 0.0259. The third kappa shape index (κ3) is 3.40. The molecule has 30 heavy (non-hydrogen) atoms. The highest BCUT2D eigenvalue weighted by Crippen LogP contribution is 2.35. The number of nitrogens with two attached hydrogens (primary N) is 1. The van der Waals surface area contributed by atoms with Crippen molar-refractivity contribution in [2.75, 3.05) is 11.1 Å². The zero-order valence-electron chi connectivity index (χ0n) is 16.6. The molecule has 3 aromatic rings. The molecule has 11 heteroatoms. The molecule has 4 rings (SSSR count). The van der Waals surface area contributed by atoms with Gasteiger partial charge in [0, 0.05) is 18.2 Å². The van der Waals surface area contributed by atoms with Gasteiger partial charge >= 0.3 is 6.18 Å². The van der Waals surface area contributed by atoms with Gasteiger partial charge in [-0.3, -0.25) is 9.20 Å². The van der Waals surface area contributed by atoms with Gasteiger partial charge in [-0.15, -0.1) is 10.2 Å². The lowest BCUT2D eigenvalue weighted by Gasteiger charge is -2.19. The summed E-state index contributed by atoms with van der Waals surface area (Å²) in [5.41, 5.74) is 6.90. The number of hydrogen-bond donors (Lipinski definition) is 2. The van der Waals surface area contributed by atoms with Crippen LogP contribution in [-0.4, -0.2) is 30.4 Å². The smallest absolute Gasteiger partial charge is 0.399 e. The monoisotopic (exact) mass is 419 g/mol. The van der Waals surface area contributed by atoms with E-state index in [9.17, 15) is 18.0 Å². The van der Waals surface area contributed by atoms with E-state index in [1.165, 1.54) is 13.0 Å². The number of nitrogens with one attached hydrogen (secondary N) is 1. The van der Waals surface area contributed by atoms with Gasteiger partial charge < -0.3 is 16.0 Å². The first-order chi connectivity index (χ1) is 14.0. The molecule has 1 aliphatic heterocycles. The Balaban J connectivity index is 1.74. The van der Waals surface area contributed by atoms with Crippen LogP contribution in [0.2, 0.25) is 0 Å². The molecule has 1 atom stereocenters. The summed E-state index contributed by atoms with van der Waals surface area (Å²) in [6.45, 7) is 5.71. The van der Waals surface area contributed by atoms with Crippen molar-refractivity contribution in [1.29, 1.82) is 0 Å². The Morgan fingerprint density at radius 3 is 2.63 bits per heavy atom. The lowest BCUT2D eigenvalue weighted by Crippen LogP contribution is -2.22. The fourth-order valence-corrected chi connectivity index (χ4v) is 3.66. The number of benzene rings is 1. The molecule has 0 spiro atoms. The summed E-state index contributed by atoms with van der Waals surface area (Å²) in [5.74, 6) is 1.37. The number of carbonyl (C=O) groups is 1. The minimum atomic E-state index is -4.50. The number of amides is 1. The summed E-state index contributed by atoms with van der Waals surface area (Å²) in [6, 6.07) is 2.94. The van der Waals surface area contributed by atoms with E-state index in [4.69, 9.17) is 5.73 Å². The second-order valence-electron chi connectivity index (χ2n) is 7.40. The Hall–Kier alpha value is -3.37. The zero-order chi connectivity index (χ0) is 21.8. The molecule has 1 amide bonds. The quantitative estimate of drug-likeness (QED) is 0.633. The molecule has 0 unspecified atom stereocenters. The highest BCUT2D eigenvalue weighted by atomic mass is 19.4. The van der Waals surface area contributed by atoms with Crippen molar-refractivity contribution in [3.8, 4) is 0 Å². The maximum atomic E-state index is 13.2. The van der Waals surface area contributed by atoms with Crippen LogP contribution in [0.5, 0.6) is 0 Å². The molecule has 0 saturated carbocycles. The van der Waals surface area contributed by atoms with Crippen molar-refractivity contribution in [3.05, 3.63) is 46.4 Å². The van der Waals surface area contributed by atoms with Crippen molar-refractivity contribution in [2.45, 2.75) is 46.1 Å². The SMILES string of the molecule is CC(=O)N1Cc2c(N[C@H](C)c3cc(N)cc(C(F)(F)F)c3)nc3nnc(C)n3c2C1. The number of halogens is 3. The molecule has 0 aliphatic carbocycles. The molecule has 3 N–H and O–H groups in total. The fraction of sp³-hybridized carbons (Fsp3) is 0.368. The molecular formula is C19H20F3N7O. The first kappa shape index (κ1) is 19.9. The number of hydrogen-bond acceptors (Lipinski definition) is 6. The molecule has 158 valence electrons. The van der Waals surface area contributed by atoms with Gasteiger partial charge in [0.15, 0.2) is 0 Å². The van der Waals surface area contributed by atoms with E-state index in [0.717, 1.165) is 23.4 Å². The van der Waals surface area contributed by atoms with Crippen LogP contribution in [0.25, 0.3) is 5.78 Å².